The van der Waals surface area contributed by atoms with Gasteiger partial charge in [0, 0.05) is 23.3 Å². The lowest BCUT2D eigenvalue weighted by atomic mass is 9.95. The van der Waals surface area contributed by atoms with Crippen molar-refractivity contribution in [3.8, 4) is 0 Å². The van der Waals surface area contributed by atoms with E-state index in [-0.39, 0.29) is 5.91 Å². The van der Waals surface area contributed by atoms with Gasteiger partial charge in [-0.05, 0) is 60.0 Å². The molecule has 0 spiro atoms. The standard InChI is InChI=1S/C15H20BrN3O/c1-2-17-14-12(7-11(16)8-18-14)15(20)19-13-6-9-3-4-10(13)5-9/h7-10,13H,2-6H2,1H3,(H,17,18)(H,19,20). The molecule has 2 aliphatic carbocycles. The summed E-state index contributed by atoms with van der Waals surface area (Å²) in [5, 5.41) is 6.36. The fraction of sp³-hybridized carbons (Fsp3) is 0.600. The summed E-state index contributed by atoms with van der Waals surface area (Å²) in [5.74, 6) is 2.18. The van der Waals surface area contributed by atoms with Gasteiger partial charge in [0.1, 0.15) is 5.82 Å². The fourth-order valence-corrected chi connectivity index (χ4v) is 3.92. The molecule has 2 aliphatic rings. The monoisotopic (exact) mass is 337 g/mol. The SMILES string of the molecule is CCNc1ncc(Br)cc1C(=O)NC1CC2CCC1C2. The van der Waals surface area contributed by atoms with E-state index >= 15 is 0 Å². The second kappa shape index (κ2) is 5.72. The Bertz CT molecular complexity index is 520. The van der Waals surface area contributed by atoms with Crippen molar-refractivity contribution in [1.82, 2.24) is 10.3 Å². The molecule has 1 heterocycles. The summed E-state index contributed by atoms with van der Waals surface area (Å²) in [6.07, 6.45) is 6.77. The van der Waals surface area contributed by atoms with Crippen LogP contribution in [0.4, 0.5) is 5.82 Å². The number of fused-ring (bicyclic) bond motifs is 2. The number of rotatable bonds is 4. The van der Waals surface area contributed by atoms with Gasteiger partial charge in [0.15, 0.2) is 0 Å². The molecular formula is C15H20BrN3O. The van der Waals surface area contributed by atoms with Crippen LogP contribution in [0.3, 0.4) is 0 Å². The number of anilines is 1. The summed E-state index contributed by atoms with van der Waals surface area (Å²) >= 11 is 3.39. The number of halogens is 1. The van der Waals surface area contributed by atoms with E-state index in [1.54, 1.807) is 6.20 Å². The maximum Gasteiger partial charge on any atom is 0.255 e. The minimum Gasteiger partial charge on any atom is -0.370 e. The van der Waals surface area contributed by atoms with Gasteiger partial charge in [-0.2, -0.15) is 0 Å². The summed E-state index contributed by atoms with van der Waals surface area (Å²) in [6, 6.07) is 2.20. The molecule has 1 aromatic rings. The summed E-state index contributed by atoms with van der Waals surface area (Å²) in [4.78, 5) is 16.8. The van der Waals surface area contributed by atoms with E-state index in [0.29, 0.717) is 23.3 Å². The second-order valence-electron chi connectivity index (χ2n) is 5.83. The van der Waals surface area contributed by atoms with E-state index < -0.39 is 0 Å². The third-order valence-corrected chi connectivity index (χ3v) is 4.93. The molecule has 0 aromatic carbocycles. The lowest BCUT2D eigenvalue weighted by Gasteiger charge is -2.23. The Balaban J connectivity index is 1.74. The maximum absolute atomic E-state index is 12.5. The van der Waals surface area contributed by atoms with Gasteiger partial charge in [0.25, 0.3) is 5.91 Å². The fourth-order valence-electron chi connectivity index (χ4n) is 3.59. The van der Waals surface area contributed by atoms with Crippen molar-refractivity contribution >= 4 is 27.7 Å². The van der Waals surface area contributed by atoms with Gasteiger partial charge >= 0.3 is 0 Å². The highest BCUT2D eigenvalue weighted by atomic mass is 79.9. The Kier molecular flexibility index (Phi) is 3.96. The predicted octanol–water partition coefficient (Wildman–Crippen LogP) is 3.19. The van der Waals surface area contributed by atoms with Crippen LogP contribution in [0.25, 0.3) is 0 Å². The van der Waals surface area contributed by atoms with E-state index in [4.69, 9.17) is 0 Å². The number of hydrogen-bond acceptors (Lipinski definition) is 3. The molecule has 1 aromatic heterocycles. The van der Waals surface area contributed by atoms with Crippen molar-refractivity contribution in [3.05, 3.63) is 22.3 Å². The summed E-state index contributed by atoms with van der Waals surface area (Å²) in [7, 11) is 0. The molecule has 2 N–H and O–H groups in total. The first-order valence-corrected chi connectivity index (χ1v) is 8.17. The molecule has 0 saturated heterocycles. The van der Waals surface area contributed by atoms with Crippen molar-refractivity contribution in [3.63, 3.8) is 0 Å². The first-order chi connectivity index (χ1) is 9.67. The van der Waals surface area contributed by atoms with Gasteiger partial charge < -0.3 is 10.6 Å². The van der Waals surface area contributed by atoms with E-state index in [1.165, 1.54) is 19.3 Å². The van der Waals surface area contributed by atoms with Crippen molar-refractivity contribution in [2.75, 3.05) is 11.9 Å². The topological polar surface area (TPSA) is 54.0 Å². The van der Waals surface area contributed by atoms with Gasteiger partial charge in [-0.1, -0.05) is 6.42 Å². The number of hydrogen-bond donors (Lipinski definition) is 2. The summed E-state index contributed by atoms with van der Waals surface area (Å²) in [6.45, 7) is 2.75. The molecule has 4 nitrogen and oxygen atoms in total. The van der Waals surface area contributed by atoms with Crippen LogP contribution in [-0.2, 0) is 0 Å². The van der Waals surface area contributed by atoms with Crippen LogP contribution in [0.1, 0.15) is 43.0 Å². The molecular weight excluding hydrogens is 318 g/mol. The number of nitrogens with zero attached hydrogens (tertiary/aromatic N) is 1. The molecule has 3 atom stereocenters. The second-order valence-corrected chi connectivity index (χ2v) is 6.75. The van der Waals surface area contributed by atoms with Crippen LogP contribution in [-0.4, -0.2) is 23.5 Å². The molecule has 20 heavy (non-hydrogen) atoms. The predicted molar refractivity (Wildman–Crippen MR) is 82.8 cm³/mol. The highest BCUT2D eigenvalue weighted by Gasteiger charge is 2.40. The van der Waals surface area contributed by atoms with E-state index in [1.807, 2.05) is 13.0 Å². The number of pyridine rings is 1. The largest absolute Gasteiger partial charge is 0.370 e. The first-order valence-electron chi connectivity index (χ1n) is 7.37. The zero-order valence-corrected chi connectivity index (χ0v) is 13.2. The molecule has 0 radical (unpaired) electrons. The van der Waals surface area contributed by atoms with Gasteiger partial charge in [0.05, 0.1) is 5.56 Å². The Morgan fingerprint density at radius 2 is 2.30 bits per heavy atom. The number of carbonyl (C=O) groups excluding carboxylic acids is 1. The van der Waals surface area contributed by atoms with Crippen LogP contribution < -0.4 is 10.6 Å². The molecule has 1 amide bonds. The zero-order chi connectivity index (χ0) is 14.1. The zero-order valence-electron chi connectivity index (χ0n) is 11.7. The van der Waals surface area contributed by atoms with Crippen molar-refractivity contribution < 1.29 is 4.79 Å². The normalized spacial score (nSPS) is 27.6. The first kappa shape index (κ1) is 13.9. The Hall–Kier alpha value is -1.10. The van der Waals surface area contributed by atoms with Gasteiger partial charge in [-0.3, -0.25) is 4.79 Å². The van der Waals surface area contributed by atoms with Gasteiger partial charge in [-0.25, -0.2) is 4.98 Å². The number of aromatic nitrogens is 1. The van der Waals surface area contributed by atoms with Crippen LogP contribution in [0.5, 0.6) is 0 Å². The number of carbonyl (C=O) groups is 1. The average Bonchev–Trinajstić information content (AvgIpc) is 3.03. The molecule has 3 rings (SSSR count). The van der Waals surface area contributed by atoms with Gasteiger partial charge in [0.2, 0.25) is 0 Å². The van der Waals surface area contributed by atoms with Crippen LogP contribution in [0.15, 0.2) is 16.7 Å². The minimum absolute atomic E-state index is 0.00713. The maximum atomic E-state index is 12.5. The van der Waals surface area contributed by atoms with E-state index in [2.05, 4.69) is 31.5 Å². The molecule has 108 valence electrons. The molecule has 2 bridgehead atoms. The molecule has 5 heteroatoms. The van der Waals surface area contributed by atoms with E-state index in [0.717, 1.165) is 23.4 Å². The average molecular weight is 338 g/mol. The van der Waals surface area contributed by atoms with Crippen molar-refractivity contribution in [1.29, 1.82) is 0 Å². The van der Waals surface area contributed by atoms with Crippen molar-refractivity contribution in [2.45, 2.75) is 38.6 Å². The highest BCUT2D eigenvalue weighted by Crippen LogP contribution is 2.44. The lowest BCUT2D eigenvalue weighted by Crippen LogP contribution is -2.38. The number of amides is 1. The minimum atomic E-state index is -0.00713. The number of nitrogens with one attached hydrogen (secondary N) is 2. The van der Waals surface area contributed by atoms with Crippen LogP contribution in [0, 0.1) is 11.8 Å². The lowest BCUT2D eigenvalue weighted by molar-refractivity contribution is 0.0923. The van der Waals surface area contributed by atoms with Crippen LogP contribution in [0.2, 0.25) is 0 Å². The van der Waals surface area contributed by atoms with Crippen LogP contribution >= 0.6 is 15.9 Å². The summed E-state index contributed by atoms with van der Waals surface area (Å²) < 4.78 is 0.831. The quantitative estimate of drug-likeness (QED) is 0.886. The third-order valence-electron chi connectivity index (χ3n) is 4.50. The molecule has 2 fully saturated rings. The molecule has 2 saturated carbocycles. The molecule has 3 unspecified atom stereocenters. The highest BCUT2D eigenvalue weighted by molar-refractivity contribution is 9.10. The van der Waals surface area contributed by atoms with Gasteiger partial charge in [-0.15, -0.1) is 0 Å². The smallest absolute Gasteiger partial charge is 0.255 e. The Labute approximate surface area is 127 Å². The van der Waals surface area contributed by atoms with Crippen molar-refractivity contribution in [2.24, 2.45) is 11.8 Å². The summed E-state index contributed by atoms with van der Waals surface area (Å²) in [5.41, 5.74) is 0.629. The Morgan fingerprint density at radius 3 is 2.95 bits per heavy atom. The van der Waals surface area contributed by atoms with E-state index in [9.17, 15) is 4.79 Å². The third kappa shape index (κ3) is 2.68. The molecule has 0 aliphatic heterocycles. The Morgan fingerprint density at radius 1 is 1.45 bits per heavy atom.